The van der Waals surface area contributed by atoms with Gasteiger partial charge < -0.3 is 49.2 Å². The molecule has 0 radical (unpaired) electrons. The zero-order valence-corrected chi connectivity index (χ0v) is 23.7. The number of ketones is 2. The zero-order valence-electron chi connectivity index (χ0n) is 21.2. The van der Waals surface area contributed by atoms with Crippen molar-refractivity contribution in [3.63, 3.8) is 0 Å². The van der Waals surface area contributed by atoms with E-state index in [1.54, 1.807) is 27.7 Å². The van der Waals surface area contributed by atoms with Crippen LogP contribution in [0.5, 0.6) is 0 Å². The van der Waals surface area contributed by atoms with Crippen LogP contribution in [0.3, 0.4) is 0 Å². The SMILES string of the molecule is CC(C)=O.CC(C)=O.CCCC(=O)[O-].CCCC(=O)[O-].CCCC(=O)[O-].CCCC(=O)[O-].[Zr+4]. The molecule has 0 bridgehead atoms. The quantitative estimate of drug-likeness (QED) is 0.370. The number of Topliss-reactive ketones (excluding diaryl/α,β-unsaturated/α-hetero) is 2. The summed E-state index contributed by atoms with van der Waals surface area (Å²) in [6, 6.07) is 0. The molecular weight excluding hydrogens is 515 g/mol. The van der Waals surface area contributed by atoms with Crippen molar-refractivity contribution >= 4 is 35.4 Å². The van der Waals surface area contributed by atoms with E-state index in [9.17, 15) is 49.2 Å². The molecule has 0 amide bonds. The molecule has 0 aromatic rings. The van der Waals surface area contributed by atoms with E-state index in [1.807, 2.05) is 0 Å². The monoisotopic (exact) mass is 554 g/mol. The van der Waals surface area contributed by atoms with Crippen LogP contribution in [0.15, 0.2) is 0 Å². The van der Waals surface area contributed by atoms with Gasteiger partial charge in [0.1, 0.15) is 11.6 Å². The fourth-order valence-electron chi connectivity index (χ4n) is 0.816. The first-order valence-electron chi connectivity index (χ1n) is 10.3. The van der Waals surface area contributed by atoms with Crippen molar-refractivity contribution in [2.45, 2.75) is 107 Å². The summed E-state index contributed by atoms with van der Waals surface area (Å²) in [6.07, 6.45) is 3.40. The molecule has 10 nitrogen and oxygen atoms in total. The molecule has 0 heterocycles. The van der Waals surface area contributed by atoms with Crippen molar-refractivity contribution in [2.75, 3.05) is 0 Å². The molecule has 0 fully saturated rings. The third kappa shape index (κ3) is 233. The zero-order chi connectivity index (χ0) is 27.1. The van der Waals surface area contributed by atoms with E-state index >= 15 is 0 Å². The number of hydrogen-bond donors (Lipinski definition) is 0. The van der Waals surface area contributed by atoms with Gasteiger partial charge in [-0.25, -0.2) is 0 Å². The Labute approximate surface area is 217 Å². The number of carbonyl (C=O) groups excluding carboxylic acids is 6. The molecule has 0 aromatic carbocycles. The van der Waals surface area contributed by atoms with Crippen molar-refractivity contribution in [3.05, 3.63) is 0 Å². The molecule has 33 heavy (non-hydrogen) atoms. The molecule has 0 spiro atoms. The van der Waals surface area contributed by atoms with E-state index < -0.39 is 23.9 Å². The van der Waals surface area contributed by atoms with Gasteiger partial charge in [0.2, 0.25) is 0 Å². The molecule has 0 saturated heterocycles. The second kappa shape index (κ2) is 43.9. The van der Waals surface area contributed by atoms with Crippen molar-refractivity contribution in [2.24, 2.45) is 0 Å². The maximum atomic E-state index is 9.49. The second-order valence-electron chi connectivity index (χ2n) is 6.30. The van der Waals surface area contributed by atoms with Crippen molar-refractivity contribution in [1.29, 1.82) is 0 Å². The number of carbonyl (C=O) groups is 6. The molecule has 0 aliphatic rings. The maximum Gasteiger partial charge on any atom is 4.00 e. The summed E-state index contributed by atoms with van der Waals surface area (Å²) in [5, 5.41) is 38.0. The van der Waals surface area contributed by atoms with Gasteiger partial charge in [0.15, 0.2) is 0 Å². The average Bonchev–Trinajstić information content (AvgIpc) is 2.54. The van der Waals surface area contributed by atoms with Crippen LogP contribution in [0.25, 0.3) is 0 Å². The van der Waals surface area contributed by atoms with Gasteiger partial charge in [-0.3, -0.25) is 0 Å². The van der Waals surface area contributed by atoms with Crippen LogP contribution >= 0.6 is 0 Å². The standard InChI is InChI=1S/4C4H8O2.2C3H6O.Zr/c4*1-2-3-4(5)6;2*1-3(2)4;/h4*2-3H2,1H3,(H,5,6);2*1-2H3;/q;;;;;;+4/p-4. The molecule has 0 atom stereocenters. The Hall–Kier alpha value is -1.90. The first-order chi connectivity index (χ1) is 14.5. The van der Waals surface area contributed by atoms with Gasteiger partial charge in [-0.1, -0.05) is 53.4 Å². The van der Waals surface area contributed by atoms with Gasteiger partial charge in [0.25, 0.3) is 0 Å². The van der Waals surface area contributed by atoms with Crippen LogP contribution in [-0.2, 0) is 55.0 Å². The maximum absolute atomic E-state index is 9.49. The minimum Gasteiger partial charge on any atom is -0.550 e. The van der Waals surface area contributed by atoms with Gasteiger partial charge in [-0.15, -0.1) is 0 Å². The van der Waals surface area contributed by atoms with E-state index in [0.717, 1.165) is 0 Å². The molecule has 0 N–H and O–H groups in total. The Morgan fingerprint density at radius 3 is 0.515 bits per heavy atom. The number of rotatable bonds is 8. The third-order valence-electron chi connectivity index (χ3n) is 1.82. The van der Waals surface area contributed by atoms with Crippen molar-refractivity contribution < 1.29 is 75.4 Å². The fourth-order valence-corrected chi connectivity index (χ4v) is 0.816. The Morgan fingerprint density at radius 1 is 0.424 bits per heavy atom. The van der Waals surface area contributed by atoms with Gasteiger partial charge in [0, 0.05) is 23.9 Å². The summed E-state index contributed by atoms with van der Waals surface area (Å²) < 4.78 is 0. The average molecular weight is 556 g/mol. The second-order valence-corrected chi connectivity index (χ2v) is 6.30. The molecule has 0 rings (SSSR count). The predicted octanol–water partition coefficient (Wildman–Crippen LogP) is -0.666. The number of hydrogen-bond acceptors (Lipinski definition) is 10. The van der Waals surface area contributed by atoms with Gasteiger partial charge in [-0.2, -0.15) is 0 Å². The molecule has 0 aliphatic heterocycles. The van der Waals surface area contributed by atoms with Crippen LogP contribution < -0.4 is 20.4 Å². The Bertz CT molecular complexity index is 408. The molecule has 0 aromatic heterocycles. The van der Waals surface area contributed by atoms with E-state index in [-0.39, 0.29) is 63.5 Å². The summed E-state index contributed by atoms with van der Waals surface area (Å²) in [5.41, 5.74) is 0. The summed E-state index contributed by atoms with van der Waals surface area (Å²) in [4.78, 5) is 56.8. The number of aliphatic carboxylic acids is 4. The van der Waals surface area contributed by atoms with Gasteiger partial charge >= 0.3 is 26.2 Å². The van der Waals surface area contributed by atoms with Crippen molar-refractivity contribution in [1.82, 2.24) is 0 Å². The molecule has 0 aliphatic carbocycles. The van der Waals surface area contributed by atoms with E-state index in [1.165, 1.54) is 27.7 Å². The van der Waals surface area contributed by atoms with Crippen LogP contribution in [0, 0.1) is 0 Å². The van der Waals surface area contributed by atoms with E-state index in [4.69, 9.17) is 0 Å². The first-order valence-corrected chi connectivity index (χ1v) is 10.3. The van der Waals surface area contributed by atoms with Crippen LogP contribution in [0.4, 0.5) is 0 Å². The largest absolute Gasteiger partial charge is 4.00 e. The van der Waals surface area contributed by atoms with Crippen LogP contribution in [-0.4, -0.2) is 35.4 Å². The molecule has 11 heteroatoms. The normalized spacial score (nSPS) is 7.52. The first kappa shape index (κ1) is 48.5. The Kier molecular flexibility index (Phi) is 64.5. The minimum atomic E-state index is -0.961. The van der Waals surface area contributed by atoms with Crippen LogP contribution in [0.1, 0.15) is 107 Å². The molecule has 0 saturated carbocycles. The molecule has 192 valence electrons. The van der Waals surface area contributed by atoms with Crippen LogP contribution in [0.2, 0.25) is 0 Å². The molecular formula is C22H40O10Zr. The predicted molar refractivity (Wildman–Crippen MR) is 112 cm³/mol. The number of carboxylic acid groups (broad SMARTS) is 4. The fraction of sp³-hybridized carbons (Fsp3) is 0.727. The summed E-state index contributed by atoms with van der Waals surface area (Å²) in [5.74, 6) is -3.51. The summed E-state index contributed by atoms with van der Waals surface area (Å²) in [7, 11) is 0. The number of carboxylic acids is 4. The Morgan fingerprint density at radius 2 is 0.515 bits per heavy atom. The smallest absolute Gasteiger partial charge is 0.550 e. The molecule has 0 unspecified atom stereocenters. The summed E-state index contributed by atoms with van der Waals surface area (Å²) in [6.45, 7) is 13.3. The van der Waals surface area contributed by atoms with Gasteiger partial charge in [0.05, 0.1) is 0 Å². The minimum absolute atomic E-state index is 0. The van der Waals surface area contributed by atoms with E-state index in [0.29, 0.717) is 25.7 Å². The van der Waals surface area contributed by atoms with E-state index in [2.05, 4.69) is 0 Å². The summed E-state index contributed by atoms with van der Waals surface area (Å²) >= 11 is 0. The van der Waals surface area contributed by atoms with Gasteiger partial charge in [-0.05, 0) is 53.4 Å². The van der Waals surface area contributed by atoms with Crippen molar-refractivity contribution in [3.8, 4) is 0 Å². The topological polar surface area (TPSA) is 195 Å². The Balaban J connectivity index is -0.0000000493. The third-order valence-corrected chi connectivity index (χ3v) is 1.82.